The van der Waals surface area contributed by atoms with Gasteiger partial charge >= 0.3 is 6.18 Å². The average molecular weight is 268 g/mol. The predicted molar refractivity (Wildman–Crippen MR) is 63.5 cm³/mol. The zero-order valence-electron chi connectivity index (χ0n) is 9.91. The third-order valence-corrected chi connectivity index (χ3v) is 2.67. The molecular weight excluding hydrogens is 257 g/mol. The molecule has 19 heavy (non-hydrogen) atoms. The predicted octanol–water partition coefficient (Wildman–Crippen LogP) is 4.10. The molecule has 2 rings (SSSR count). The van der Waals surface area contributed by atoms with Crippen molar-refractivity contribution < 1.29 is 22.4 Å². The van der Waals surface area contributed by atoms with Crippen molar-refractivity contribution in [2.24, 2.45) is 0 Å². The van der Waals surface area contributed by atoms with E-state index in [2.05, 4.69) is 0 Å². The van der Waals surface area contributed by atoms with Crippen molar-refractivity contribution >= 4 is 6.29 Å². The summed E-state index contributed by atoms with van der Waals surface area (Å²) in [5.74, 6) is 1.14. The number of carbonyl (C=O) groups excluding carboxylic acids is 1. The molecule has 0 aliphatic carbocycles. The van der Waals surface area contributed by atoms with Crippen molar-refractivity contribution in [3.63, 3.8) is 0 Å². The van der Waals surface area contributed by atoms with E-state index in [1.165, 1.54) is 12.1 Å². The molecular formula is C14H11F3O2. The largest absolute Gasteiger partial charge is 0.461 e. The van der Waals surface area contributed by atoms with Crippen LogP contribution in [0.25, 0.3) is 11.3 Å². The smallest absolute Gasteiger partial charge is 0.416 e. The van der Waals surface area contributed by atoms with Gasteiger partial charge in [-0.1, -0.05) is 12.1 Å². The summed E-state index contributed by atoms with van der Waals surface area (Å²) in [6.07, 6.45) is -2.69. The molecule has 0 aliphatic rings. The number of hydrogen-bond donors (Lipinski definition) is 0. The Morgan fingerprint density at radius 2 is 1.74 bits per heavy atom. The molecule has 1 heterocycles. The molecule has 0 fully saturated rings. The lowest BCUT2D eigenvalue weighted by molar-refractivity contribution is -0.137. The number of benzene rings is 1. The van der Waals surface area contributed by atoms with Crippen LogP contribution in [0.3, 0.4) is 0 Å². The summed E-state index contributed by atoms with van der Waals surface area (Å²) in [5.41, 5.74) is -0.116. The van der Waals surface area contributed by atoms with Crippen molar-refractivity contribution in [2.75, 3.05) is 0 Å². The van der Waals surface area contributed by atoms with E-state index in [-0.39, 0.29) is 0 Å². The summed E-state index contributed by atoms with van der Waals surface area (Å²) >= 11 is 0. The SMILES string of the molecule is O=CCCc1ccc(-c2ccc(C(F)(F)F)cc2)o1. The first-order chi connectivity index (χ1) is 9.00. The molecule has 0 N–H and O–H groups in total. The maximum absolute atomic E-state index is 12.4. The topological polar surface area (TPSA) is 30.2 Å². The van der Waals surface area contributed by atoms with E-state index in [0.29, 0.717) is 29.9 Å². The summed E-state index contributed by atoms with van der Waals surface area (Å²) in [4.78, 5) is 10.2. The van der Waals surface area contributed by atoms with Gasteiger partial charge < -0.3 is 9.21 Å². The molecule has 0 aliphatic heterocycles. The van der Waals surface area contributed by atoms with Crippen LogP contribution in [-0.2, 0) is 17.4 Å². The first-order valence-electron chi connectivity index (χ1n) is 5.70. The summed E-state index contributed by atoms with van der Waals surface area (Å²) in [6.45, 7) is 0. The third kappa shape index (κ3) is 3.24. The van der Waals surface area contributed by atoms with Gasteiger partial charge in [0.1, 0.15) is 17.8 Å². The van der Waals surface area contributed by atoms with Gasteiger partial charge in [-0.05, 0) is 24.3 Å². The minimum absolute atomic E-state index is 0.361. The van der Waals surface area contributed by atoms with Gasteiger partial charge in [-0.25, -0.2) is 0 Å². The molecule has 2 aromatic rings. The van der Waals surface area contributed by atoms with Crippen LogP contribution >= 0.6 is 0 Å². The second kappa shape index (κ2) is 5.30. The van der Waals surface area contributed by atoms with Gasteiger partial charge in [-0.15, -0.1) is 0 Å². The molecule has 0 saturated heterocycles. The quantitative estimate of drug-likeness (QED) is 0.781. The van der Waals surface area contributed by atoms with E-state index in [4.69, 9.17) is 4.42 Å². The van der Waals surface area contributed by atoms with Gasteiger partial charge in [0.2, 0.25) is 0 Å². The van der Waals surface area contributed by atoms with Crippen LogP contribution in [0.5, 0.6) is 0 Å². The molecule has 0 bridgehead atoms. The monoisotopic (exact) mass is 268 g/mol. The molecule has 2 nitrogen and oxygen atoms in total. The Morgan fingerprint density at radius 1 is 1.05 bits per heavy atom. The van der Waals surface area contributed by atoms with Gasteiger partial charge in [-0.3, -0.25) is 0 Å². The van der Waals surface area contributed by atoms with Crippen LogP contribution in [0.4, 0.5) is 13.2 Å². The highest BCUT2D eigenvalue weighted by Gasteiger charge is 2.30. The van der Waals surface area contributed by atoms with Crippen LogP contribution in [0.1, 0.15) is 17.7 Å². The zero-order valence-corrected chi connectivity index (χ0v) is 9.91. The second-order valence-electron chi connectivity index (χ2n) is 4.05. The Hall–Kier alpha value is -2.04. The van der Waals surface area contributed by atoms with Gasteiger partial charge in [-0.2, -0.15) is 13.2 Å². The fourth-order valence-corrected chi connectivity index (χ4v) is 1.69. The minimum atomic E-state index is -4.34. The normalized spacial score (nSPS) is 11.5. The number of hydrogen-bond acceptors (Lipinski definition) is 2. The van der Waals surface area contributed by atoms with E-state index in [9.17, 15) is 18.0 Å². The maximum Gasteiger partial charge on any atom is 0.416 e. The lowest BCUT2D eigenvalue weighted by Crippen LogP contribution is -2.03. The highest BCUT2D eigenvalue weighted by Crippen LogP contribution is 2.31. The fraction of sp³-hybridized carbons (Fsp3) is 0.214. The first kappa shape index (κ1) is 13.4. The molecule has 0 spiro atoms. The summed E-state index contributed by atoms with van der Waals surface area (Å²) < 4.78 is 42.7. The first-order valence-corrected chi connectivity index (χ1v) is 5.70. The number of aldehydes is 1. The van der Waals surface area contributed by atoms with Gasteiger partial charge in [0.25, 0.3) is 0 Å². The lowest BCUT2D eigenvalue weighted by atomic mass is 10.1. The third-order valence-electron chi connectivity index (χ3n) is 2.67. The van der Waals surface area contributed by atoms with Gasteiger partial charge in [0.15, 0.2) is 0 Å². The van der Waals surface area contributed by atoms with Crippen molar-refractivity contribution in [1.29, 1.82) is 0 Å². The number of rotatable bonds is 4. The molecule has 100 valence electrons. The van der Waals surface area contributed by atoms with Crippen LogP contribution in [0.15, 0.2) is 40.8 Å². The van der Waals surface area contributed by atoms with Crippen LogP contribution in [0, 0.1) is 0 Å². The number of furan rings is 1. The number of halogens is 3. The Bertz CT molecular complexity index is 553. The highest BCUT2D eigenvalue weighted by molar-refractivity contribution is 5.58. The summed E-state index contributed by atoms with van der Waals surface area (Å²) in [7, 11) is 0. The van der Waals surface area contributed by atoms with Crippen molar-refractivity contribution in [3.8, 4) is 11.3 Å². The van der Waals surface area contributed by atoms with Crippen LogP contribution in [-0.4, -0.2) is 6.29 Å². The minimum Gasteiger partial charge on any atom is -0.461 e. The molecule has 0 atom stereocenters. The number of aryl methyl sites for hydroxylation is 1. The van der Waals surface area contributed by atoms with Crippen LogP contribution in [0.2, 0.25) is 0 Å². The molecule has 1 aromatic heterocycles. The van der Waals surface area contributed by atoms with E-state index in [1.807, 2.05) is 0 Å². The molecule has 1 aromatic carbocycles. The number of alkyl halides is 3. The lowest BCUT2D eigenvalue weighted by Gasteiger charge is -2.06. The molecule has 5 heteroatoms. The molecule has 0 radical (unpaired) electrons. The molecule has 0 amide bonds. The van der Waals surface area contributed by atoms with E-state index < -0.39 is 11.7 Å². The standard InChI is InChI=1S/C14H11F3O2/c15-14(16,17)11-5-3-10(4-6-11)13-8-7-12(19-13)2-1-9-18/h3-9H,1-2H2. The maximum atomic E-state index is 12.4. The summed E-state index contributed by atoms with van der Waals surface area (Å²) in [5, 5.41) is 0. The van der Waals surface area contributed by atoms with Gasteiger partial charge in [0, 0.05) is 18.4 Å². The van der Waals surface area contributed by atoms with Crippen LogP contribution < -0.4 is 0 Å². The fourth-order valence-electron chi connectivity index (χ4n) is 1.69. The van der Waals surface area contributed by atoms with Gasteiger partial charge in [0.05, 0.1) is 5.56 Å². The average Bonchev–Trinajstić information content (AvgIpc) is 2.84. The van der Waals surface area contributed by atoms with Crippen molar-refractivity contribution in [2.45, 2.75) is 19.0 Å². The molecule has 0 unspecified atom stereocenters. The van der Waals surface area contributed by atoms with Crippen molar-refractivity contribution in [1.82, 2.24) is 0 Å². The Balaban J connectivity index is 2.18. The number of carbonyl (C=O) groups is 1. The molecule has 0 saturated carbocycles. The Labute approximate surface area is 107 Å². The second-order valence-corrected chi connectivity index (χ2v) is 4.05. The Morgan fingerprint density at radius 3 is 2.32 bits per heavy atom. The van der Waals surface area contributed by atoms with E-state index >= 15 is 0 Å². The van der Waals surface area contributed by atoms with Crippen molar-refractivity contribution in [3.05, 3.63) is 47.7 Å². The van der Waals surface area contributed by atoms with E-state index in [1.54, 1.807) is 12.1 Å². The summed E-state index contributed by atoms with van der Waals surface area (Å²) in [6, 6.07) is 8.17. The zero-order chi connectivity index (χ0) is 13.9. The van der Waals surface area contributed by atoms with E-state index in [0.717, 1.165) is 18.4 Å². The Kier molecular flexibility index (Phi) is 3.74. The highest BCUT2D eigenvalue weighted by atomic mass is 19.4.